The molecule has 1 fully saturated rings. The lowest BCUT2D eigenvalue weighted by atomic mass is 10.2. The van der Waals surface area contributed by atoms with E-state index in [4.69, 9.17) is 9.15 Å². The minimum absolute atomic E-state index is 0.148. The van der Waals surface area contributed by atoms with Gasteiger partial charge in [-0.2, -0.15) is 0 Å². The van der Waals surface area contributed by atoms with Crippen molar-refractivity contribution < 1.29 is 19.1 Å². The molecule has 4 rings (SSSR count). The number of oxazole rings is 1. The lowest BCUT2D eigenvalue weighted by Crippen LogP contribution is -2.46. The zero-order valence-corrected chi connectivity index (χ0v) is 17.6. The summed E-state index contributed by atoms with van der Waals surface area (Å²) in [5.41, 5.74) is 2.24. The lowest BCUT2D eigenvalue weighted by molar-refractivity contribution is 0.0697. The fraction of sp³-hybridized carbons (Fsp3) is 0.391. The number of anilines is 1. The quantitative estimate of drug-likeness (QED) is 0.555. The van der Waals surface area contributed by atoms with E-state index in [1.165, 1.54) is 22.8 Å². The second-order valence-corrected chi connectivity index (χ2v) is 7.71. The van der Waals surface area contributed by atoms with E-state index < -0.39 is 11.7 Å². The summed E-state index contributed by atoms with van der Waals surface area (Å²) >= 11 is 0. The highest BCUT2D eigenvalue weighted by Crippen LogP contribution is 2.28. The molecule has 8 nitrogen and oxygen atoms in total. The van der Waals surface area contributed by atoms with Gasteiger partial charge in [0.2, 0.25) is 0 Å². The Morgan fingerprint density at radius 1 is 1.06 bits per heavy atom. The molecule has 0 saturated carbocycles. The van der Waals surface area contributed by atoms with Gasteiger partial charge < -0.3 is 19.2 Å². The maximum atomic E-state index is 12.2. The summed E-state index contributed by atoms with van der Waals surface area (Å²) in [7, 11) is 1.70. The summed E-state index contributed by atoms with van der Waals surface area (Å²) < 4.78 is 12.2. The summed E-state index contributed by atoms with van der Waals surface area (Å²) in [4.78, 5) is 28.2. The fourth-order valence-corrected chi connectivity index (χ4v) is 4.12. The Balaban J connectivity index is 1.28. The third-order valence-electron chi connectivity index (χ3n) is 5.82. The number of aryl methyl sites for hydroxylation is 1. The average Bonchev–Trinajstić information content (AvgIpc) is 3.11. The molecular formula is C23H27N3O5. The first kappa shape index (κ1) is 21.0. The van der Waals surface area contributed by atoms with E-state index in [2.05, 4.69) is 15.9 Å². The molecule has 2 heterocycles. The number of benzene rings is 2. The van der Waals surface area contributed by atoms with Crippen molar-refractivity contribution in [2.24, 2.45) is 0 Å². The number of unbranched alkanes of at least 4 members (excludes halogenated alkanes) is 1. The van der Waals surface area contributed by atoms with Crippen LogP contribution >= 0.6 is 0 Å². The Hall–Kier alpha value is -3.26. The molecule has 2 aromatic carbocycles. The number of hydrogen-bond donors (Lipinski definition) is 1. The highest BCUT2D eigenvalue weighted by atomic mass is 16.5. The van der Waals surface area contributed by atoms with E-state index in [1.54, 1.807) is 7.11 Å². The Labute approximate surface area is 180 Å². The SMILES string of the molecule is COc1ccccc1N1CCN(CCCCn2c(=O)oc3ccc(C(=O)O)cc32)CC1. The Bertz CT molecular complexity index is 1110. The number of carbonyl (C=O) groups is 1. The van der Waals surface area contributed by atoms with Crippen LogP contribution in [-0.4, -0.2) is 60.4 Å². The molecule has 1 aliphatic heterocycles. The van der Waals surface area contributed by atoms with Gasteiger partial charge in [0, 0.05) is 32.7 Å². The predicted molar refractivity (Wildman–Crippen MR) is 118 cm³/mol. The van der Waals surface area contributed by atoms with Crippen molar-refractivity contribution in [3.8, 4) is 5.75 Å². The molecule has 0 bridgehead atoms. The third kappa shape index (κ3) is 4.59. The number of piperazine rings is 1. The lowest BCUT2D eigenvalue weighted by Gasteiger charge is -2.36. The number of methoxy groups -OCH3 is 1. The van der Waals surface area contributed by atoms with E-state index in [-0.39, 0.29) is 5.56 Å². The topological polar surface area (TPSA) is 88.2 Å². The Morgan fingerprint density at radius 2 is 1.81 bits per heavy atom. The van der Waals surface area contributed by atoms with Crippen LogP contribution in [0.1, 0.15) is 23.2 Å². The molecule has 1 N–H and O–H groups in total. The van der Waals surface area contributed by atoms with Crippen molar-refractivity contribution >= 4 is 22.8 Å². The van der Waals surface area contributed by atoms with Crippen molar-refractivity contribution in [3.05, 3.63) is 58.6 Å². The molecule has 0 spiro atoms. The van der Waals surface area contributed by atoms with Gasteiger partial charge in [0.05, 0.1) is 23.9 Å². The molecule has 31 heavy (non-hydrogen) atoms. The van der Waals surface area contributed by atoms with Crippen LogP contribution in [0.15, 0.2) is 51.7 Å². The summed E-state index contributed by atoms with van der Waals surface area (Å²) in [5.74, 6) is -0.558. The highest BCUT2D eigenvalue weighted by molar-refractivity contribution is 5.91. The zero-order chi connectivity index (χ0) is 21.8. The average molecular weight is 425 g/mol. The summed E-state index contributed by atoms with van der Waals surface area (Å²) in [6, 6.07) is 12.6. The molecule has 0 atom stereocenters. The Morgan fingerprint density at radius 3 is 2.55 bits per heavy atom. The number of hydrogen-bond acceptors (Lipinski definition) is 6. The van der Waals surface area contributed by atoms with Gasteiger partial charge in [0.25, 0.3) is 0 Å². The van der Waals surface area contributed by atoms with Crippen LogP contribution in [0.25, 0.3) is 11.1 Å². The first-order valence-corrected chi connectivity index (χ1v) is 10.5. The van der Waals surface area contributed by atoms with Crippen molar-refractivity contribution in [2.45, 2.75) is 19.4 Å². The largest absolute Gasteiger partial charge is 0.495 e. The van der Waals surface area contributed by atoms with Crippen molar-refractivity contribution in [1.82, 2.24) is 9.47 Å². The monoisotopic (exact) mass is 425 g/mol. The van der Waals surface area contributed by atoms with E-state index >= 15 is 0 Å². The number of carboxylic acid groups (broad SMARTS) is 1. The zero-order valence-electron chi connectivity index (χ0n) is 17.6. The van der Waals surface area contributed by atoms with Crippen LogP contribution in [-0.2, 0) is 6.54 Å². The van der Waals surface area contributed by atoms with Crippen LogP contribution in [0.2, 0.25) is 0 Å². The molecule has 0 radical (unpaired) electrons. The fourth-order valence-electron chi connectivity index (χ4n) is 4.12. The van der Waals surface area contributed by atoms with Crippen molar-refractivity contribution in [1.29, 1.82) is 0 Å². The van der Waals surface area contributed by atoms with Crippen LogP contribution < -0.4 is 15.4 Å². The van der Waals surface area contributed by atoms with E-state index in [0.29, 0.717) is 17.6 Å². The minimum Gasteiger partial charge on any atom is -0.495 e. The maximum Gasteiger partial charge on any atom is 0.419 e. The van der Waals surface area contributed by atoms with Gasteiger partial charge >= 0.3 is 11.7 Å². The molecule has 1 saturated heterocycles. The minimum atomic E-state index is -1.02. The van der Waals surface area contributed by atoms with Crippen LogP contribution in [0.5, 0.6) is 5.75 Å². The highest BCUT2D eigenvalue weighted by Gasteiger charge is 2.19. The van der Waals surface area contributed by atoms with Crippen LogP contribution in [0.3, 0.4) is 0 Å². The van der Waals surface area contributed by atoms with E-state index in [1.807, 2.05) is 18.2 Å². The molecule has 1 aromatic heterocycles. The number of carboxylic acids is 1. The molecular weight excluding hydrogens is 398 g/mol. The van der Waals surface area contributed by atoms with Gasteiger partial charge in [-0.3, -0.25) is 9.47 Å². The Kier molecular flexibility index (Phi) is 6.27. The molecule has 164 valence electrons. The molecule has 0 amide bonds. The standard InChI is InChI=1S/C23H27N3O5/c1-30-20-7-3-2-6-18(20)25-14-12-24(13-15-25)10-4-5-11-26-19-16-17(22(27)28)8-9-21(19)31-23(26)29/h2-3,6-9,16H,4-5,10-15H2,1H3,(H,27,28). The first-order chi connectivity index (χ1) is 15.1. The molecule has 8 heteroatoms. The summed E-state index contributed by atoms with van der Waals surface area (Å²) in [5, 5.41) is 9.19. The molecule has 0 unspecified atom stereocenters. The number of ether oxygens (including phenoxy) is 1. The van der Waals surface area contributed by atoms with Gasteiger partial charge in [0.15, 0.2) is 5.58 Å². The summed E-state index contributed by atoms with van der Waals surface area (Å²) in [6.45, 7) is 5.33. The number of rotatable bonds is 8. The number of fused-ring (bicyclic) bond motifs is 1. The second kappa shape index (κ2) is 9.26. The van der Waals surface area contributed by atoms with Crippen LogP contribution in [0, 0.1) is 0 Å². The van der Waals surface area contributed by atoms with Gasteiger partial charge in [-0.1, -0.05) is 12.1 Å². The smallest absolute Gasteiger partial charge is 0.419 e. The maximum absolute atomic E-state index is 12.2. The number of aromatic carboxylic acids is 1. The van der Waals surface area contributed by atoms with Crippen molar-refractivity contribution in [2.75, 3.05) is 44.7 Å². The second-order valence-electron chi connectivity index (χ2n) is 7.71. The van der Waals surface area contributed by atoms with Crippen molar-refractivity contribution in [3.63, 3.8) is 0 Å². The first-order valence-electron chi connectivity index (χ1n) is 10.5. The van der Waals surface area contributed by atoms with Crippen LogP contribution in [0.4, 0.5) is 5.69 Å². The molecule has 3 aromatic rings. The normalized spacial score (nSPS) is 14.8. The predicted octanol–water partition coefficient (Wildman–Crippen LogP) is 2.90. The van der Waals surface area contributed by atoms with Gasteiger partial charge in [-0.05, 0) is 49.7 Å². The van der Waals surface area contributed by atoms with E-state index in [0.717, 1.165) is 57.0 Å². The van der Waals surface area contributed by atoms with Gasteiger partial charge in [-0.25, -0.2) is 9.59 Å². The number of aromatic nitrogens is 1. The van der Waals surface area contributed by atoms with Gasteiger partial charge in [0.1, 0.15) is 5.75 Å². The van der Waals surface area contributed by atoms with Gasteiger partial charge in [-0.15, -0.1) is 0 Å². The third-order valence-corrected chi connectivity index (χ3v) is 5.82. The number of nitrogens with zero attached hydrogens (tertiary/aromatic N) is 3. The molecule has 0 aliphatic carbocycles. The molecule has 1 aliphatic rings. The number of para-hydroxylation sites is 2. The summed E-state index contributed by atoms with van der Waals surface area (Å²) in [6.07, 6.45) is 1.77. The van der Waals surface area contributed by atoms with E-state index in [9.17, 15) is 14.7 Å².